The minimum absolute atomic E-state index is 0.0492. The van der Waals surface area contributed by atoms with Gasteiger partial charge in [0.15, 0.2) is 0 Å². The van der Waals surface area contributed by atoms with E-state index in [1.54, 1.807) is 0 Å². The summed E-state index contributed by atoms with van der Waals surface area (Å²) in [5.74, 6) is 0.754. The molecule has 0 unspecified atom stereocenters. The number of carbonyl (C=O) groups is 1. The number of ether oxygens (including phenoxy) is 1. The van der Waals surface area contributed by atoms with Crippen molar-refractivity contribution >= 4 is 5.97 Å². The van der Waals surface area contributed by atoms with E-state index in [2.05, 4.69) is 38.2 Å². The molecule has 0 saturated carbocycles. The molecule has 0 heterocycles. The fourth-order valence-electron chi connectivity index (χ4n) is 2.23. The van der Waals surface area contributed by atoms with Gasteiger partial charge in [0.2, 0.25) is 0 Å². The summed E-state index contributed by atoms with van der Waals surface area (Å²) in [4.78, 5) is 11.1. The van der Waals surface area contributed by atoms with Crippen LogP contribution in [0.15, 0.2) is 24.3 Å². The average molecular weight is 309 g/mol. The van der Waals surface area contributed by atoms with Gasteiger partial charge in [0, 0.05) is 6.42 Å². The van der Waals surface area contributed by atoms with Crippen molar-refractivity contribution < 1.29 is 9.53 Å². The maximum atomic E-state index is 11.1. The molecule has 22 heavy (non-hydrogen) atoms. The van der Waals surface area contributed by atoms with Gasteiger partial charge >= 0.3 is 5.97 Å². The van der Waals surface area contributed by atoms with Crippen molar-refractivity contribution in [2.75, 3.05) is 6.61 Å². The highest BCUT2D eigenvalue weighted by Crippen LogP contribution is 2.08. The molecular formula is C20H36O2. The van der Waals surface area contributed by atoms with Gasteiger partial charge < -0.3 is 4.74 Å². The van der Waals surface area contributed by atoms with E-state index in [-0.39, 0.29) is 5.97 Å². The summed E-state index contributed by atoms with van der Waals surface area (Å²) in [6.07, 6.45) is 20.3. The van der Waals surface area contributed by atoms with Crippen LogP contribution in [0, 0.1) is 5.92 Å². The highest BCUT2D eigenvalue weighted by Gasteiger charge is 2.00. The molecule has 0 spiro atoms. The van der Waals surface area contributed by atoms with E-state index in [1.165, 1.54) is 38.5 Å². The normalized spacial score (nSPS) is 11.8. The van der Waals surface area contributed by atoms with Crippen molar-refractivity contribution in [3.8, 4) is 0 Å². The summed E-state index contributed by atoms with van der Waals surface area (Å²) in [5, 5.41) is 0. The van der Waals surface area contributed by atoms with Crippen LogP contribution in [0.5, 0.6) is 0 Å². The summed E-state index contributed by atoms with van der Waals surface area (Å²) in [5.41, 5.74) is 0. The number of hydrogen-bond acceptors (Lipinski definition) is 2. The predicted molar refractivity (Wildman–Crippen MR) is 95.9 cm³/mol. The average Bonchev–Trinajstić information content (AvgIpc) is 2.47. The Balaban J connectivity index is 3.25. The molecule has 2 heteroatoms. The largest absolute Gasteiger partial charge is 0.466 e. The number of hydrogen-bond donors (Lipinski definition) is 0. The second-order valence-electron chi connectivity index (χ2n) is 6.26. The number of rotatable bonds is 14. The molecule has 0 atom stereocenters. The second kappa shape index (κ2) is 16.3. The summed E-state index contributed by atoms with van der Waals surface area (Å²) >= 11 is 0. The molecule has 0 aliphatic heterocycles. The molecule has 2 nitrogen and oxygen atoms in total. The summed E-state index contributed by atoms with van der Waals surface area (Å²) in [7, 11) is 0. The Labute approximate surface area is 138 Å². The van der Waals surface area contributed by atoms with Gasteiger partial charge in [-0.1, -0.05) is 57.4 Å². The zero-order chi connectivity index (χ0) is 16.5. The Morgan fingerprint density at radius 1 is 0.909 bits per heavy atom. The van der Waals surface area contributed by atoms with Crippen molar-refractivity contribution in [3.63, 3.8) is 0 Å². The quantitative estimate of drug-likeness (QED) is 0.216. The van der Waals surface area contributed by atoms with Crippen LogP contribution in [-0.4, -0.2) is 12.6 Å². The van der Waals surface area contributed by atoms with Crippen LogP contribution < -0.4 is 0 Å². The molecular weight excluding hydrogens is 272 g/mol. The number of unbranched alkanes of at least 4 members (excludes halogenated alkanes) is 5. The van der Waals surface area contributed by atoms with Gasteiger partial charge in [-0.3, -0.25) is 4.79 Å². The zero-order valence-corrected chi connectivity index (χ0v) is 15.0. The first kappa shape index (κ1) is 20.9. The Morgan fingerprint density at radius 2 is 1.55 bits per heavy atom. The SMILES string of the molecule is CCOC(=O)CCCCCCC/C=C\C/C=C\CCC(C)C. The van der Waals surface area contributed by atoms with Gasteiger partial charge in [-0.05, 0) is 51.4 Å². The first-order chi connectivity index (χ1) is 10.7. The highest BCUT2D eigenvalue weighted by molar-refractivity contribution is 5.69. The molecule has 0 saturated heterocycles. The minimum atomic E-state index is -0.0492. The fraction of sp³-hybridized carbons (Fsp3) is 0.750. The summed E-state index contributed by atoms with van der Waals surface area (Å²) in [6.45, 7) is 6.89. The molecule has 0 aromatic carbocycles. The highest BCUT2D eigenvalue weighted by atomic mass is 16.5. The molecule has 0 aromatic rings. The first-order valence-electron chi connectivity index (χ1n) is 9.12. The van der Waals surface area contributed by atoms with Gasteiger partial charge in [-0.25, -0.2) is 0 Å². The molecule has 0 aromatic heterocycles. The molecule has 0 rings (SSSR count). The third kappa shape index (κ3) is 17.0. The maximum Gasteiger partial charge on any atom is 0.305 e. The van der Waals surface area contributed by atoms with Crippen molar-refractivity contribution in [3.05, 3.63) is 24.3 Å². The second-order valence-corrected chi connectivity index (χ2v) is 6.26. The van der Waals surface area contributed by atoms with Crippen LogP contribution in [0.4, 0.5) is 0 Å². The molecule has 0 amide bonds. The monoisotopic (exact) mass is 308 g/mol. The minimum Gasteiger partial charge on any atom is -0.466 e. The third-order valence-corrected chi connectivity index (χ3v) is 3.57. The lowest BCUT2D eigenvalue weighted by atomic mass is 10.1. The maximum absolute atomic E-state index is 11.1. The lowest BCUT2D eigenvalue weighted by molar-refractivity contribution is -0.143. The van der Waals surface area contributed by atoms with Crippen molar-refractivity contribution in [1.82, 2.24) is 0 Å². The summed E-state index contributed by atoms with van der Waals surface area (Å²) < 4.78 is 4.91. The van der Waals surface area contributed by atoms with Crippen molar-refractivity contribution in [2.24, 2.45) is 5.92 Å². The van der Waals surface area contributed by atoms with E-state index >= 15 is 0 Å². The standard InChI is InChI=1S/C20H36O2/c1-4-22-20(21)18-16-14-12-10-8-6-5-7-9-11-13-15-17-19(2)3/h5,7,11,13,19H,4,6,8-10,12,14-18H2,1-3H3/b7-5-,13-11-. The van der Waals surface area contributed by atoms with E-state index < -0.39 is 0 Å². The van der Waals surface area contributed by atoms with E-state index in [0.717, 1.165) is 25.2 Å². The number of allylic oxidation sites excluding steroid dienone is 4. The molecule has 128 valence electrons. The van der Waals surface area contributed by atoms with Gasteiger partial charge in [-0.2, -0.15) is 0 Å². The van der Waals surface area contributed by atoms with E-state index in [1.807, 2.05) is 6.92 Å². The molecule has 0 radical (unpaired) electrons. The van der Waals surface area contributed by atoms with E-state index in [0.29, 0.717) is 13.0 Å². The Kier molecular flexibility index (Phi) is 15.5. The Hall–Kier alpha value is -1.05. The smallest absolute Gasteiger partial charge is 0.305 e. The zero-order valence-electron chi connectivity index (χ0n) is 15.0. The topological polar surface area (TPSA) is 26.3 Å². The third-order valence-electron chi connectivity index (χ3n) is 3.57. The fourth-order valence-corrected chi connectivity index (χ4v) is 2.23. The van der Waals surface area contributed by atoms with E-state index in [4.69, 9.17) is 4.74 Å². The van der Waals surface area contributed by atoms with Crippen LogP contribution >= 0.6 is 0 Å². The van der Waals surface area contributed by atoms with Crippen LogP contribution in [0.2, 0.25) is 0 Å². The lowest BCUT2D eigenvalue weighted by Crippen LogP contribution is -2.03. The van der Waals surface area contributed by atoms with Crippen LogP contribution in [-0.2, 0) is 9.53 Å². The Bertz CT molecular complexity index is 303. The first-order valence-corrected chi connectivity index (χ1v) is 9.12. The molecule has 0 fully saturated rings. The summed E-state index contributed by atoms with van der Waals surface area (Å²) in [6, 6.07) is 0. The Morgan fingerprint density at radius 3 is 2.23 bits per heavy atom. The van der Waals surface area contributed by atoms with Gasteiger partial charge in [0.1, 0.15) is 0 Å². The van der Waals surface area contributed by atoms with E-state index in [9.17, 15) is 4.79 Å². The van der Waals surface area contributed by atoms with Crippen LogP contribution in [0.3, 0.4) is 0 Å². The molecule has 0 aliphatic carbocycles. The van der Waals surface area contributed by atoms with Crippen molar-refractivity contribution in [1.29, 1.82) is 0 Å². The van der Waals surface area contributed by atoms with Gasteiger partial charge in [0.25, 0.3) is 0 Å². The van der Waals surface area contributed by atoms with Crippen LogP contribution in [0.1, 0.15) is 85.0 Å². The lowest BCUT2D eigenvalue weighted by Gasteiger charge is -2.01. The van der Waals surface area contributed by atoms with Gasteiger partial charge in [0.05, 0.1) is 6.61 Å². The predicted octanol–water partition coefficient (Wildman–Crippen LogP) is 6.22. The van der Waals surface area contributed by atoms with Crippen LogP contribution in [0.25, 0.3) is 0 Å². The molecule has 0 N–H and O–H groups in total. The number of esters is 1. The number of carbonyl (C=O) groups excluding carboxylic acids is 1. The molecule has 0 aliphatic rings. The van der Waals surface area contributed by atoms with Gasteiger partial charge in [-0.15, -0.1) is 0 Å². The molecule has 0 bridgehead atoms. The van der Waals surface area contributed by atoms with Crippen molar-refractivity contribution in [2.45, 2.75) is 85.0 Å².